The zero-order valence-electron chi connectivity index (χ0n) is 6.79. The van der Waals surface area contributed by atoms with E-state index in [-0.39, 0.29) is 0 Å². The highest BCUT2D eigenvalue weighted by Gasteiger charge is 2.24. The number of amides is 1. The number of piperidine rings is 1. The number of hydrogen-bond donors (Lipinski definition) is 0. The Morgan fingerprint density at radius 3 is 2.50 bits per heavy atom. The van der Waals surface area contributed by atoms with E-state index >= 15 is 0 Å². The van der Waals surface area contributed by atoms with Crippen LogP contribution >= 0.6 is 0 Å². The molecule has 3 nitrogen and oxygen atoms in total. The molecule has 12 heavy (non-hydrogen) atoms. The number of carbonyl (C=O) groups is 1. The Morgan fingerprint density at radius 1 is 1.42 bits per heavy atom. The maximum atomic E-state index is 12.6. The molecule has 66 valence electrons. The van der Waals surface area contributed by atoms with E-state index in [1.807, 2.05) is 0 Å². The Bertz CT molecular complexity index is 206. The van der Waals surface area contributed by atoms with E-state index in [9.17, 15) is 9.18 Å². The standard InChI is InChI=1S/C8H11FN2O/c9-7(6-10)8(12)11-4-2-1-3-5-11/h7H,1-5H2. The van der Waals surface area contributed by atoms with Gasteiger partial charge in [0, 0.05) is 13.1 Å². The summed E-state index contributed by atoms with van der Waals surface area (Å²) in [7, 11) is 0. The molecule has 1 unspecified atom stereocenters. The van der Waals surface area contributed by atoms with Gasteiger partial charge in [-0.05, 0) is 19.3 Å². The van der Waals surface area contributed by atoms with Crippen molar-refractivity contribution in [3.05, 3.63) is 0 Å². The molecule has 0 aliphatic carbocycles. The van der Waals surface area contributed by atoms with E-state index < -0.39 is 12.1 Å². The minimum atomic E-state index is -1.97. The summed E-state index contributed by atoms with van der Waals surface area (Å²) in [6.45, 7) is 1.20. The van der Waals surface area contributed by atoms with Gasteiger partial charge in [0.25, 0.3) is 12.1 Å². The van der Waals surface area contributed by atoms with Crippen LogP contribution in [0.1, 0.15) is 19.3 Å². The summed E-state index contributed by atoms with van der Waals surface area (Å²) in [5, 5.41) is 8.16. The van der Waals surface area contributed by atoms with Crippen molar-refractivity contribution in [1.29, 1.82) is 5.26 Å². The van der Waals surface area contributed by atoms with Crippen molar-refractivity contribution < 1.29 is 9.18 Å². The molecular weight excluding hydrogens is 159 g/mol. The van der Waals surface area contributed by atoms with Gasteiger partial charge in [0.1, 0.15) is 6.07 Å². The van der Waals surface area contributed by atoms with Crippen LogP contribution in [0.15, 0.2) is 0 Å². The molecule has 0 spiro atoms. The molecule has 0 aromatic heterocycles. The number of nitrogens with zero attached hydrogens (tertiary/aromatic N) is 2. The Labute approximate surface area is 70.8 Å². The Hall–Kier alpha value is -1.11. The van der Waals surface area contributed by atoms with Crippen LogP contribution in [0, 0.1) is 11.3 Å². The van der Waals surface area contributed by atoms with Gasteiger partial charge < -0.3 is 4.90 Å². The molecule has 1 saturated heterocycles. The average molecular weight is 170 g/mol. The van der Waals surface area contributed by atoms with E-state index in [1.165, 1.54) is 11.0 Å². The average Bonchev–Trinajstić information content (AvgIpc) is 2.17. The molecule has 1 fully saturated rings. The number of halogens is 1. The molecule has 0 saturated carbocycles. The smallest absolute Gasteiger partial charge is 0.271 e. The SMILES string of the molecule is N#CC(F)C(=O)N1CCCCC1. The summed E-state index contributed by atoms with van der Waals surface area (Å²) in [6, 6.07) is 1.30. The van der Waals surface area contributed by atoms with Crippen LogP contribution in [0.2, 0.25) is 0 Å². The van der Waals surface area contributed by atoms with Crippen LogP contribution in [0.25, 0.3) is 0 Å². The molecule has 1 atom stereocenters. The van der Waals surface area contributed by atoms with Gasteiger partial charge in [-0.3, -0.25) is 4.79 Å². The maximum Gasteiger partial charge on any atom is 0.271 e. The summed E-state index contributed by atoms with van der Waals surface area (Å²) in [4.78, 5) is 12.5. The summed E-state index contributed by atoms with van der Waals surface area (Å²) >= 11 is 0. The fraction of sp³-hybridized carbons (Fsp3) is 0.750. The Balaban J connectivity index is 2.46. The van der Waals surface area contributed by atoms with Crippen LogP contribution in [-0.2, 0) is 4.79 Å². The van der Waals surface area contributed by atoms with E-state index in [0.717, 1.165) is 19.3 Å². The molecule has 0 radical (unpaired) electrons. The van der Waals surface area contributed by atoms with E-state index in [2.05, 4.69) is 0 Å². The number of alkyl halides is 1. The molecular formula is C8H11FN2O. The third-order valence-electron chi connectivity index (χ3n) is 2.00. The summed E-state index contributed by atoms with van der Waals surface area (Å²) in [5.41, 5.74) is 0. The number of carbonyl (C=O) groups excluding carboxylic acids is 1. The normalized spacial score (nSPS) is 19.8. The van der Waals surface area contributed by atoms with Gasteiger partial charge in [0.05, 0.1) is 0 Å². The molecule has 1 aliphatic heterocycles. The predicted molar refractivity (Wildman–Crippen MR) is 40.9 cm³/mol. The molecule has 1 aliphatic rings. The molecule has 0 aromatic carbocycles. The van der Waals surface area contributed by atoms with E-state index in [1.54, 1.807) is 0 Å². The van der Waals surface area contributed by atoms with Crippen molar-refractivity contribution in [1.82, 2.24) is 4.90 Å². The molecule has 1 heterocycles. The monoisotopic (exact) mass is 170 g/mol. The van der Waals surface area contributed by atoms with Gasteiger partial charge >= 0.3 is 0 Å². The fourth-order valence-corrected chi connectivity index (χ4v) is 1.33. The zero-order valence-corrected chi connectivity index (χ0v) is 6.79. The Kier molecular flexibility index (Phi) is 3.03. The van der Waals surface area contributed by atoms with Crippen molar-refractivity contribution in [3.63, 3.8) is 0 Å². The quantitative estimate of drug-likeness (QED) is 0.585. The lowest BCUT2D eigenvalue weighted by molar-refractivity contribution is -0.135. The summed E-state index contributed by atoms with van der Waals surface area (Å²) in [6.07, 6.45) is 0.962. The number of hydrogen-bond acceptors (Lipinski definition) is 2. The van der Waals surface area contributed by atoms with Crippen LogP contribution in [0.3, 0.4) is 0 Å². The summed E-state index contributed by atoms with van der Waals surface area (Å²) < 4.78 is 12.6. The van der Waals surface area contributed by atoms with Crippen molar-refractivity contribution in [3.8, 4) is 6.07 Å². The highest BCUT2D eigenvalue weighted by atomic mass is 19.1. The van der Waals surface area contributed by atoms with Crippen LogP contribution < -0.4 is 0 Å². The van der Waals surface area contributed by atoms with Crippen LogP contribution in [-0.4, -0.2) is 30.1 Å². The molecule has 0 aromatic rings. The largest absolute Gasteiger partial charge is 0.339 e. The maximum absolute atomic E-state index is 12.6. The van der Waals surface area contributed by atoms with Crippen LogP contribution in [0.5, 0.6) is 0 Å². The van der Waals surface area contributed by atoms with Crippen molar-refractivity contribution in [2.24, 2.45) is 0 Å². The second-order valence-electron chi connectivity index (χ2n) is 2.88. The lowest BCUT2D eigenvalue weighted by Crippen LogP contribution is -2.40. The molecule has 0 bridgehead atoms. The van der Waals surface area contributed by atoms with Gasteiger partial charge in [-0.2, -0.15) is 5.26 Å². The highest BCUT2D eigenvalue weighted by molar-refractivity contribution is 5.83. The fourth-order valence-electron chi connectivity index (χ4n) is 1.33. The van der Waals surface area contributed by atoms with Crippen molar-refractivity contribution in [2.75, 3.05) is 13.1 Å². The topological polar surface area (TPSA) is 44.1 Å². The first-order valence-corrected chi connectivity index (χ1v) is 4.08. The minimum Gasteiger partial charge on any atom is -0.339 e. The number of rotatable bonds is 1. The third-order valence-corrected chi connectivity index (χ3v) is 2.00. The second-order valence-corrected chi connectivity index (χ2v) is 2.88. The molecule has 1 rings (SSSR count). The number of likely N-dealkylation sites (tertiary alicyclic amines) is 1. The highest BCUT2D eigenvalue weighted by Crippen LogP contribution is 2.10. The lowest BCUT2D eigenvalue weighted by Gasteiger charge is -2.26. The first-order chi connectivity index (χ1) is 5.75. The predicted octanol–water partition coefficient (Wildman–Crippen LogP) is 0.861. The second kappa shape index (κ2) is 4.05. The molecule has 4 heteroatoms. The van der Waals surface area contributed by atoms with Crippen molar-refractivity contribution >= 4 is 5.91 Å². The summed E-state index contributed by atoms with van der Waals surface area (Å²) in [5.74, 6) is -0.669. The lowest BCUT2D eigenvalue weighted by atomic mass is 10.1. The van der Waals surface area contributed by atoms with Crippen molar-refractivity contribution in [2.45, 2.75) is 25.4 Å². The molecule has 0 N–H and O–H groups in total. The zero-order chi connectivity index (χ0) is 8.97. The first-order valence-electron chi connectivity index (χ1n) is 4.08. The third kappa shape index (κ3) is 1.94. The first kappa shape index (κ1) is 8.98. The number of nitriles is 1. The van der Waals surface area contributed by atoms with Gasteiger partial charge in [0.15, 0.2) is 0 Å². The van der Waals surface area contributed by atoms with E-state index in [0.29, 0.717) is 13.1 Å². The van der Waals surface area contributed by atoms with E-state index in [4.69, 9.17) is 5.26 Å². The van der Waals surface area contributed by atoms with Crippen LogP contribution in [0.4, 0.5) is 4.39 Å². The van der Waals surface area contributed by atoms with Gasteiger partial charge in [-0.1, -0.05) is 0 Å². The Morgan fingerprint density at radius 2 is 2.00 bits per heavy atom. The van der Waals surface area contributed by atoms with Gasteiger partial charge in [-0.15, -0.1) is 0 Å². The van der Waals surface area contributed by atoms with Gasteiger partial charge in [0.2, 0.25) is 0 Å². The minimum absolute atomic E-state index is 0.598. The molecule has 1 amide bonds. The van der Waals surface area contributed by atoms with Gasteiger partial charge in [-0.25, -0.2) is 4.39 Å².